The highest BCUT2D eigenvalue weighted by molar-refractivity contribution is 5.85. The molecule has 0 aromatic heterocycles. The molecular formula is C18H24N4O2. The second-order valence-electron chi connectivity index (χ2n) is 6.90. The minimum Gasteiger partial charge on any atom is -0.303 e. The van der Waals surface area contributed by atoms with Crippen LogP contribution in [0, 0.1) is 5.92 Å². The third-order valence-corrected chi connectivity index (χ3v) is 3.92. The SMILES string of the molecule is C=C1NNC(=O)C1CCC(=O)NN=Cc1ccc(C(C)(C)C)cc1. The summed E-state index contributed by atoms with van der Waals surface area (Å²) in [6, 6.07) is 8.05. The second-order valence-corrected chi connectivity index (χ2v) is 6.90. The summed E-state index contributed by atoms with van der Waals surface area (Å²) >= 11 is 0. The predicted octanol–water partition coefficient (Wildman–Crippen LogP) is 1.98. The van der Waals surface area contributed by atoms with Crippen molar-refractivity contribution in [1.29, 1.82) is 0 Å². The molecule has 1 aromatic rings. The molecule has 1 fully saturated rings. The van der Waals surface area contributed by atoms with Crippen LogP contribution >= 0.6 is 0 Å². The number of hydrogen-bond donors (Lipinski definition) is 3. The van der Waals surface area contributed by atoms with Crippen LogP contribution in [-0.2, 0) is 15.0 Å². The van der Waals surface area contributed by atoms with Crippen molar-refractivity contribution in [3.05, 3.63) is 47.7 Å². The van der Waals surface area contributed by atoms with Crippen LogP contribution in [0.4, 0.5) is 0 Å². The number of nitrogens with zero attached hydrogens (tertiary/aromatic N) is 1. The molecule has 3 N–H and O–H groups in total. The van der Waals surface area contributed by atoms with Gasteiger partial charge < -0.3 is 5.43 Å². The minimum atomic E-state index is -0.371. The second kappa shape index (κ2) is 7.29. The molecule has 0 bridgehead atoms. The van der Waals surface area contributed by atoms with Crippen molar-refractivity contribution in [1.82, 2.24) is 16.3 Å². The van der Waals surface area contributed by atoms with Gasteiger partial charge in [0.15, 0.2) is 0 Å². The predicted molar refractivity (Wildman–Crippen MR) is 94.0 cm³/mol. The lowest BCUT2D eigenvalue weighted by molar-refractivity contribution is -0.123. The van der Waals surface area contributed by atoms with Crippen molar-refractivity contribution >= 4 is 18.0 Å². The number of benzene rings is 1. The largest absolute Gasteiger partial charge is 0.303 e. The molecule has 1 atom stereocenters. The Morgan fingerprint density at radius 1 is 1.29 bits per heavy atom. The Kier molecular flexibility index (Phi) is 5.39. The Balaban J connectivity index is 1.80. The summed E-state index contributed by atoms with van der Waals surface area (Å²) in [6.07, 6.45) is 2.21. The van der Waals surface area contributed by atoms with Gasteiger partial charge in [0, 0.05) is 12.1 Å². The summed E-state index contributed by atoms with van der Waals surface area (Å²) < 4.78 is 0. The molecule has 0 radical (unpaired) electrons. The van der Waals surface area contributed by atoms with Gasteiger partial charge in [-0.25, -0.2) is 5.43 Å². The van der Waals surface area contributed by atoms with E-state index in [2.05, 4.69) is 60.9 Å². The van der Waals surface area contributed by atoms with Gasteiger partial charge in [-0.2, -0.15) is 5.10 Å². The first-order chi connectivity index (χ1) is 11.3. The van der Waals surface area contributed by atoms with Crippen molar-refractivity contribution in [2.75, 3.05) is 0 Å². The van der Waals surface area contributed by atoms with E-state index in [0.717, 1.165) is 5.56 Å². The number of rotatable bonds is 5. The minimum absolute atomic E-state index is 0.106. The Bertz CT molecular complexity index is 641. The lowest BCUT2D eigenvalue weighted by atomic mass is 9.87. The van der Waals surface area contributed by atoms with Crippen LogP contribution in [0.25, 0.3) is 0 Å². The molecule has 1 aliphatic rings. The molecular weight excluding hydrogens is 304 g/mol. The highest BCUT2D eigenvalue weighted by atomic mass is 16.2. The van der Waals surface area contributed by atoms with Gasteiger partial charge in [0.2, 0.25) is 11.8 Å². The van der Waals surface area contributed by atoms with Crippen molar-refractivity contribution in [2.24, 2.45) is 11.0 Å². The quantitative estimate of drug-likeness (QED) is 0.571. The maximum Gasteiger partial charge on any atom is 0.247 e. The maximum absolute atomic E-state index is 11.8. The van der Waals surface area contributed by atoms with Crippen LogP contribution in [0.2, 0.25) is 0 Å². The first-order valence-electron chi connectivity index (χ1n) is 7.94. The average Bonchev–Trinajstić information content (AvgIpc) is 2.83. The van der Waals surface area contributed by atoms with E-state index in [1.165, 1.54) is 5.56 Å². The van der Waals surface area contributed by atoms with Gasteiger partial charge in [0.05, 0.1) is 12.1 Å². The Morgan fingerprint density at radius 2 is 1.96 bits per heavy atom. The molecule has 6 heteroatoms. The molecule has 0 spiro atoms. The summed E-state index contributed by atoms with van der Waals surface area (Å²) in [7, 11) is 0. The van der Waals surface area contributed by atoms with E-state index < -0.39 is 0 Å². The van der Waals surface area contributed by atoms with Crippen molar-refractivity contribution in [2.45, 2.75) is 39.0 Å². The molecule has 2 rings (SSSR count). The molecule has 1 saturated heterocycles. The molecule has 128 valence electrons. The molecule has 1 heterocycles. The number of hydrazone groups is 1. The van der Waals surface area contributed by atoms with Crippen molar-refractivity contribution in [3.63, 3.8) is 0 Å². The van der Waals surface area contributed by atoms with Gasteiger partial charge in [-0.3, -0.25) is 15.0 Å². The lowest BCUT2D eigenvalue weighted by Crippen LogP contribution is -2.26. The van der Waals surface area contributed by atoms with E-state index in [0.29, 0.717) is 12.1 Å². The van der Waals surface area contributed by atoms with Gasteiger partial charge in [-0.05, 0) is 23.0 Å². The fourth-order valence-electron chi connectivity index (χ4n) is 2.36. The van der Waals surface area contributed by atoms with E-state index in [1.807, 2.05) is 12.1 Å². The van der Waals surface area contributed by atoms with E-state index >= 15 is 0 Å². The smallest absolute Gasteiger partial charge is 0.247 e. The fraction of sp³-hybridized carbons (Fsp3) is 0.389. The van der Waals surface area contributed by atoms with Crippen LogP contribution in [0.1, 0.15) is 44.7 Å². The molecule has 1 aliphatic heterocycles. The molecule has 6 nitrogen and oxygen atoms in total. The Labute approximate surface area is 142 Å². The summed E-state index contributed by atoms with van der Waals surface area (Å²) in [5.41, 5.74) is 10.5. The maximum atomic E-state index is 11.8. The van der Waals surface area contributed by atoms with E-state index in [-0.39, 0.29) is 29.6 Å². The highest BCUT2D eigenvalue weighted by Crippen LogP contribution is 2.21. The molecule has 1 unspecified atom stereocenters. The van der Waals surface area contributed by atoms with E-state index in [9.17, 15) is 9.59 Å². The Hall–Kier alpha value is -2.63. The van der Waals surface area contributed by atoms with Crippen LogP contribution < -0.4 is 16.3 Å². The highest BCUT2D eigenvalue weighted by Gasteiger charge is 2.28. The van der Waals surface area contributed by atoms with Crippen LogP contribution in [0.15, 0.2) is 41.6 Å². The van der Waals surface area contributed by atoms with E-state index in [1.54, 1.807) is 6.21 Å². The Morgan fingerprint density at radius 3 is 2.50 bits per heavy atom. The number of nitrogens with one attached hydrogen (secondary N) is 3. The number of hydrazine groups is 1. The van der Waals surface area contributed by atoms with Gasteiger partial charge >= 0.3 is 0 Å². The molecule has 24 heavy (non-hydrogen) atoms. The molecule has 2 amide bonds. The zero-order valence-corrected chi connectivity index (χ0v) is 14.3. The fourth-order valence-corrected chi connectivity index (χ4v) is 2.36. The molecule has 0 aliphatic carbocycles. The first-order valence-corrected chi connectivity index (χ1v) is 7.94. The third-order valence-electron chi connectivity index (χ3n) is 3.92. The van der Waals surface area contributed by atoms with Gasteiger partial charge in [0.25, 0.3) is 0 Å². The van der Waals surface area contributed by atoms with Crippen molar-refractivity contribution < 1.29 is 9.59 Å². The molecule has 0 saturated carbocycles. The molecule has 1 aromatic carbocycles. The number of carbonyl (C=O) groups excluding carboxylic acids is 2. The summed E-state index contributed by atoms with van der Waals surface area (Å²) in [6.45, 7) is 10.2. The zero-order chi connectivity index (χ0) is 17.7. The number of hydrogen-bond acceptors (Lipinski definition) is 4. The number of amides is 2. The summed E-state index contributed by atoms with van der Waals surface area (Å²) in [5, 5.41) is 3.95. The van der Waals surface area contributed by atoms with Gasteiger partial charge in [0.1, 0.15) is 0 Å². The normalized spacial score (nSPS) is 17.7. The number of carbonyl (C=O) groups is 2. The van der Waals surface area contributed by atoms with Crippen LogP contribution in [0.3, 0.4) is 0 Å². The lowest BCUT2D eigenvalue weighted by Gasteiger charge is -2.18. The summed E-state index contributed by atoms with van der Waals surface area (Å²) in [5.74, 6) is -0.759. The van der Waals surface area contributed by atoms with E-state index in [4.69, 9.17) is 0 Å². The zero-order valence-electron chi connectivity index (χ0n) is 14.3. The van der Waals surface area contributed by atoms with Crippen LogP contribution in [-0.4, -0.2) is 18.0 Å². The first kappa shape index (κ1) is 17.7. The monoisotopic (exact) mass is 328 g/mol. The van der Waals surface area contributed by atoms with Crippen LogP contribution in [0.5, 0.6) is 0 Å². The van der Waals surface area contributed by atoms with Gasteiger partial charge in [-0.15, -0.1) is 0 Å². The topological polar surface area (TPSA) is 82.6 Å². The van der Waals surface area contributed by atoms with Crippen molar-refractivity contribution in [3.8, 4) is 0 Å². The summed E-state index contributed by atoms with van der Waals surface area (Å²) in [4.78, 5) is 23.3. The standard InChI is InChI=1S/C18H24N4O2/c1-12-15(17(24)22-20-12)9-10-16(23)21-19-11-13-5-7-14(8-6-13)18(2,3)4/h5-8,11,15,20H,1,9-10H2,2-4H3,(H,21,23)(H,22,24). The average molecular weight is 328 g/mol. The van der Waals surface area contributed by atoms with Gasteiger partial charge in [-0.1, -0.05) is 51.6 Å². The third kappa shape index (κ3) is 4.68.